The number of aliphatic hydroxyl groups excluding tert-OH is 2. The van der Waals surface area contributed by atoms with Gasteiger partial charge in [-0.1, -0.05) is 25.5 Å². The molecule has 0 bridgehead atoms. The van der Waals surface area contributed by atoms with E-state index in [0.717, 1.165) is 44.9 Å². The molecule has 548 valence electrons. The van der Waals surface area contributed by atoms with Crippen LogP contribution in [0.4, 0.5) is 0 Å². The molecule has 8 heterocycles. The van der Waals surface area contributed by atoms with Crippen molar-refractivity contribution in [1.29, 1.82) is 0 Å². The number of carbonyl (C=O) groups is 1. The van der Waals surface area contributed by atoms with Crippen LogP contribution in [0.15, 0.2) is 23.5 Å². The zero-order chi connectivity index (χ0) is 68.5. The van der Waals surface area contributed by atoms with Crippen molar-refractivity contribution in [1.82, 2.24) is 0 Å². The fourth-order valence-corrected chi connectivity index (χ4v) is 19.1. The van der Waals surface area contributed by atoms with Crippen molar-refractivity contribution < 1.29 is 125 Å². The standard InChI is InChI=1S/C70H112O26/c1-33-25-46(75-11)57(72)65(82-33)89-42-19-22-67(9)41(26-42)17-18-43-44(67)20-23-68(10)45(43)21-24-70(68,74)40(8)88-52-30-50-63(38(6)86-52)95-96-69(32-81-50)31-51(79-15)62(39(7)94-69)92-55-28-48(77-13)60(36(4)84-55)90-53-27-47(76-12)59(35(3)83-53)91-54-29-49(78-14)61(37(5)85-54)93-66-58(73)64(80-16)56(71)34(2)87-66/h17,25,33-40,42-45,47-56,58-66,71,73-74H,18-24,26-32H2,1-16H3/t33-,34-,35-,36-,37-,38-,39-,40+,42+,43-,44+,45+,47+,48+,49+,50-,51-,52+,53+,54+,55+,56+,58-,59-,60-,61-,62-,63-,64+,65+,66+,67+,68+,69+,70+/m1/s1. The van der Waals surface area contributed by atoms with Crippen molar-refractivity contribution in [3.05, 3.63) is 23.5 Å². The van der Waals surface area contributed by atoms with E-state index in [0.29, 0.717) is 55.6 Å². The van der Waals surface area contributed by atoms with E-state index in [-0.39, 0.29) is 41.8 Å². The zero-order valence-corrected chi connectivity index (χ0v) is 59.2. The Morgan fingerprint density at radius 1 is 0.594 bits per heavy atom. The lowest BCUT2D eigenvalue weighted by Gasteiger charge is -2.59. The summed E-state index contributed by atoms with van der Waals surface area (Å²) in [6.45, 7) is 19.9. The van der Waals surface area contributed by atoms with Crippen LogP contribution in [0.1, 0.15) is 153 Å². The molecule has 35 atom stereocenters. The molecule has 0 aromatic rings. The van der Waals surface area contributed by atoms with Crippen LogP contribution in [-0.4, -0.2) is 254 Å². The van der Waals surface area contributed by atoms with Crippen molar-refractivity contribution in [3.8, 4) is 0 Å². The molecule has 7 saturated heterocycles. The summed E-state index contributed by atoms with van der Waals surface area (Å²) in [5, 5.41) is 34.5. The van der Waals surface area contributed by atoms with Crippen LogP contribution >= 0.6 is 0 Å². The van der Waals surface area contributed by atoms with Gasteiger partial charge in [0.25, 0.3) is 5.78 Å². The lowest BCUT2D eigenvalue weighted by molar-refractivity contribution is -0.472. The Bertz CT molecular complexity index is 2670. The average Bonchev–Trinajstić information content (AvgIpc) is 1.44. The first kappa shape index (κ1) is 73.7. The molecule has 12 rings (SSSR count). The molecule has 4 aliphatic carbocycles. The molecule has 26 heteroatoms. The summed E-state index contributed by atoms with van der Waals surface area (Å²) in [6, 6.07) is 0. The molecule has 0 amide bonds. The summed E-state index contributed by atoms with van der Waals surface area (Å²) in [4.78, 5) is 25.6. The highest BCUT2D eigenvalue weighted by Gasteiger charge is 2.66. The van der Waals surface area contributed by atoms with Crippen molar-refractivity contribution in [3.63, 3.8) is 0 Å². The van der Waals surface area contributed by atoms with Crippen LogP contribution in [-0.2, 0) is 109 Å². The maximum Gasteiger partial charge on any atom is 0.252 e. The second-order valence-corrected chi connectivity index (χ2v) is 30.1. The van der Waals surface area contributed by atoms with Crippen molar-refractivity contribution in [2.75, 3.05) is 49.3 Å². The van der Waals surface area contributed by atoms with Gasteiger partial charge in [-0.3, -0.25) is 4.79 Å². The number of carbonyl (C=O) groups excluding carboxylic acids is 1. The van der Waals surface area contributed by atoms with Gasteiger partial charge in [0.1, 0.15) is 55.4 Å². The van der Waals surface area contributed by atoms with Gasteiger partial charge < -0.3 is 110 Å². The van der Waals surface area contributed by atoms with Crippen LogP contribution in [0, 0.1) is 28.6 Å². The Morgan fingerprint density at radius 3 is 1.77 bits per heavy atom. The molecular formula is C70H112O26. The minimum Gasteiger partial charge on any atom is -0.493 e. The van der Waals surface area contributed by atoms with Crippen molar-refractivity contribution >= 4 is 5.78 Å². The smallest absolute Gasteiger partial charge is 0.252 e. The number of ketones is 1. The third-order valence-corrected chi connectivity index (χ3v) is 24.6. The molecular weight excluding hydrogens is 1260 g/mol. The Labute approximate surface area is 565 Å². The van der Waals surface area contributed by atoms with E-state index >= 15 is 0 Å². The molecule has 10 fully saturated rings. The van der Waals surface area contributed by atoms with Gasteiger partial charge in [-0.2, -0.15) is 4.89 Å². The average molecular weight is 1370 g/mol. The van der Waals surface area contributed by atoms with Gasteiger partial charge in [0, 0.05) is 73.1 Å². The summed E-state index contributed by atoms with van der Waals surface area (Å²) in [5.41, 5.74) is -0.00329. The van der Waals surface area contributed by atoms with Gasteiger partial charge in [0.2, 0.25) is 12.1 Å². The van der Waals surface area contributed by atoms with Crippen molar-refractivity contribution in [2.45, 2.75) is 336 Å². The number of hydrogen-bond donors (Lipinski definition) is 3. The second-order valence-electron chi connectivity index (χ2n) is 30.1. The normalized spacial score (nSPS) is 51.8. The third kappa shape index (κ3) is 14.2. The van der Waals surface area contributed by atoms with Crippen molar-refractivity contribution in [2.24, 2.45) is 28.6 Å². The topological polar surface area (TPSA) is 281 Å². The number of methoxy groups -OCH3 is 6. The Balaban J connectivity index is 0.606. The summed E-state index contributed by atoms with van der Waals surface area (Å²) >= 11 is 0. The summed E-state index contributed by atoms with van der Waals surface area (Å²) < 4.78 is 126. The van der Waals surface area contributed by atoms with Crippen LogP contribution < -0.4 is 0 Å². The predicted octanol–water partition coefficient (Wildman–Crippen LogP) is 6.16. The minimum atomic E-state index is -1.34. The van der Waals surface area contributed by atoms with E-state index in [9.17, 15) is 20.1 Å². The fraction of sp³-hybridized carbons (Fsp3) is 0.929. The van der Waals surface area contributed by atoms with Crippen LogP contribution in [0.3, 0.4) is 0 Å². The highest BCUT2D eigenvalue weighted by molar-refractivity contribution is 5.96. The van der Waals surface area contributed by atoms with Gasteiger partial charge in [0.05, 0.1) is 98.2 Å². The van der Waals surface area contributed by atoms with Gasteiger partial charge in [-0.25, -0.2) is 4.89 Å². The number of Topliss-reactive ketones (excluding diaryl/α,β-unsaturated/α-hetero) is 1. The van der Waals surface area contributed by atoms with Gasteiger partial charge >= 0.3 is 0 Å². The first-order valence-corrected chi connectivity index (χ1v) is 35.5. The third-order valence-electron chi connectivity index (χ3n) is 24.6. The second kappa shape index (κ2) is 30.0. The lowest BCUT2D eigenvalue weighted by atomic mass is 9.46. The van der Waals surface area contributed by atoms with Crippen LogP contribution in [0.2, 0.25) is 0 Å². The van der Waals surface area contributed by atoms with E-state index in [1.807, 2.05) is 48.5 Å². The molecule has 96 heavy (non-hydrogen) atoms. The number of ether oxygens (including phenoxy) is 20. The first-order chi connectivity index (χ1) is 45.8. The molecule has 0 aromatic heterocycles. The summed E-state index contributed by atoms with van der Waals surface area (Å²) in [7, 11) is 9.41. The summed E-state index contributed by atoms with van der Waals surface area (Å²) in [6.07, 6.45) is -4.75. The number of fused-ring (bicyclic) bond motifs is 6. The number of rotatable bonds is 19. The minimum absolute atomic E-state index is 0.0171. The highest BCUT2D eigenvalue weighted by Crippen LogP contribution is 2.68. The lowest BCUT2D eigenvalue weighted by Crippen LogP contribution is -2.61. The van der Waals surface area contributed by atoms with E-state index in [1.165, 1.54) is 19.8 Å². The monoisotopic (exact) mass is 1370 g/mol. The largest absolute Gasteiger partial charge is 0.493 e. The highest BCUT2D eigenvalue weighted by atomic mass is 17.2. The predicted molar refractivity (Wildman–Crippen MR) is 336 cm³/mol. The maximum atomic E-state index is 13.1. The van der Waals surface area contributed by atoms with E-state index in [1.54, 1.807) is 41.4 Å². The number of aliphatic hydroxyl groups is 3. The molecule has 12 aliphatic rings. The molecule has 3 N–H and O–H groups in total. The first-order valence-electron chi connectivity index (χ1n) is 35.5. The molecule has 0 radical (unpaired) electrons. The quantitative estimate of drug-likeness (QED) is 0.0964. The number of allylic oxidation sites excluding steroid dienone is 1. The Hall–Kier alpha value is -2.01. The van der Waals surface area contributed by atoms with Gasteiger partial charge in [-0.05, 0) is 136 Å². The van der Waals surface area contributed by atoms with Crippen LogP contribution in [0.25, 0.3) is 0 Å². The SMILES string of the molecule is COC1=C[C@@H](C)O[C@@H](O[C@H]2CC[C@@]3(C)C(=CC[C@@H]4[C@@H]3CC[C@@]3(C)[C@H]4CC[C@]3(O)[C@H](C)O[C@H]3C[C@H]4OC[C@]5(C[C@@H](OC)[C@H](O[C@H]6C[C@H](OC)[C@H](O[C@H]7C[C@H](OC)[C@H](O[C@H]8C[C@H](OC)[C@H](O[C@@H]9O[C@H](C)[C@H](O)[C@H](OC)[C@H]9O)[C@@H](C)O8)[C@@H](C)O7)[C@@H](C)O6)[C@@H](C)O5)OO[C@@H]4[C@@H](C)O3)C2)C1=O. The molecule has 8 aliphatic heterocycles. The van der Waals surface area contributed by atoms with Gasteiger partial charge in [-0.15, -0.1) is 0 Å². The van der Waals surface area contributed by atoms with E-state index < -0.39 is 171 Å². The number of hydrogen-bond acceptors (Lipinski definition) is 26. The van der Waals surface area contributed by atoms with E-state index in [4.69, 9.17) is 105 Å². The Kier molecular flexibility index (Phi) is 23.0. The Morgan fingerprint density at radius 2 is 1.18 bits per heavy atom. The van der Waals surface area contributed by atoms with E-state index in [2.05, 4.69) is 19.9 Å². The fourth-order valence-electron chi connectivity index (χ4n) is 19.1. The molecule has 1 spiro atoms. The van der Waals surface area contributed by atoms with Gasteiger partial charge in [0.15, 0.2) is 37.2 Å². The van der Waals surface area contributed by atoms with Crippen LogP contribution in [0.5, 0.6) is 0 Å². The molecule has 3 saturated carbocycles. The molecule has 26 nitrogen and oxygen atoms in total. The molecule has 0 unspecified atom stereocenters. The molecule has 0 aromatic carbocycles. The zero-order valence-electron chi connectivity index (χ0n) is 59.2. The maximum absolute atomic E-state index is 13.1. The summed E-state index contributed by atoms with van der Waals surface area (Å²) in [5.74, 6) is -0.0779.